The fourth-order valence-electron chi connectivity index (χ4n) is 4.26. The standard InChI is InChI=1S/C24H24F9NO4/c25-22(26,27)20(35)13-34-21(14-4-6-17(7-5-14)37-23(28,29)30)15-2-1-3-19(12-15)36-16-8-10-18(11-9-16)38-24(31,32)33/h1-3,8-12,14,17,20-21,34-35H,4-7,13H2. The monoisotopic (exact) mass is 561 g/mol. The average Bonchev–Trinajstić information content (AvgIpc) is 2.79. The van der Waals surface area contributed by atoms with Crippen LogP contribution in [0.1, 0.15) is 37.3 Å². The maximum Gasteiger partial charge on any atom is 0.573 e. The largest absolute Gasteiger partial charge is 0.573 e. The zero-order valence-corrected chi connectivity index (χ0v) is 19.5. The number of benzene rings is 2. The van der Waals surface area contributed by atoms with Crippen LogP contribution in [0, 0.1) is 5.92 Å². The number of nitrogens with one attached hydrogen (secondary N) is 1. The normalized spacial score (nSPS) is 20.6. The summed E-state index contributed by atoms with van der Waals surface area (Å²) in [4.78, 5) is 0. The predicted octanol–water partition coefficient (Wildman–Crippen LogP) is 7.03. The molecule has 1 aliphatic rings. The molecule has 0 bridgehead atoms. The molecule has 2 atom stereocenters. The summed E-state index contributed by atoms with van der Waals surface area (Å²) >= 11 is 0. The quantitative estimate of drug-likeness (QED) is 0.322. The Morgan fingerprint density at radius 2 is 1.39 bits per heavy atom. The molecule has 212 valence electrons. The van der Waals surface area contributed by atoms with Crippen molar-refractivity contribution in [3.8, 4) is 17.2 Å². The van der Waals surface area contributed by atoms with Gasteiger partial charge in [-0.15, -0.1) is 26.3 Å². The summed E-state index contributed by atoms with van der Waals surface area (Å²) in [6.07, 6.45) is -17.8. The first kappa shape index (κ1) is 29.8. The van der Waals surface area contributed by atoms with Gasteiger partial charge in [-0.25, -0.2) is 0 Å². The molecule has 0 saturated heterocycles. The number of halogens is 9. The minimum absolute atomic E-state index is 0.0344. The van der Waals surface area contributed by atoms with Gasteiger partial charge in [0.15, 0.2) is 6.10 Å². The van der Waals surface area contributed by atoms with Gasteiger partial charge < -0.3 is 19.9 Å². The Labute approximate surface area is 211 Å². The van der Waals surface area contributed by atoms with Gasteiger partial charge in [0.25, 0.3) is 0 Å². The molecule has 2 N–H and O–H groups in total. The van der Waals surface area contributed by atoms with E-state index in [4.69, 9.17) is 4.74 Å². The predicted molar refractivity (Wildman–Crippen MR) is 115 cm³/mol. The molecule has 2 aromatic rings. The molecular weight excluding hydrogens is 537 g/mol. The van der Waals surface area contributed by atoms with Gasteiger partial charge in [-0.3, -0.25) is 4.74 Å². The lowest BCUT2D eigenvalue weighted by Gasteiger charge is -2.35. The van der Waals surface area contributed by atoms with Crippen molar-refractivity contribution in [3.05, 3.63) is 54.1 Å². The Bertz CT molecular complexity index is 1020. The third-order valence-corrected chi connectivity index (χ3v) is 5.91. The van der Waals surface area contributed by atoms with Crippen molar-refractivity contribution in [3.63, 3.8) is 0 Å². The van der Waals surface area contributed by atoms with Gasteiger partial charge in [0.05, 0.1) is 6.10 Å². The Morgan fingerprint density at radius 1 is 0.789 bits per heavy atom. The molecule has 0 radical (unpaired) electrons. The summed E-state index contributed by atoms with van der Waals surface area (Å²) in [6, 6.07) is 9.90. The highest BCUT2D eigenvalue weighted by Crippen LogP contribution is 2.39. The first-order valence-corrected chi connectivity index (χ1v) is 11.5. The zero-order chi connectivity index (χ0) is 28.1. The number of ether oxygens (including phenoxy) is 3. The highest BCUT2D eigenvalue weighted by atomic mass is 19.4. The number of aliphatic hydroxyl groups is 1. The van der Waals surface area contributed by atoms with Crippen LogP contribution in [0.4, 0.5) is 39.5 Å². The molecule has 0 heterocycles. The van der Waals surface area contributed by atoms with Gasteiger partial charge >= 0.3 is 18.9 Å². The Morgan fingerprint density at radius 3 is 1.95 bits per heavy atom. The van der Waals surface area contributed by atoms with E-state index < -0.39 is 49.4 Å². The van der Waals surface area contributed by atoms with Crippen molar-refractivity contribution in [2.24, 2.45) is 5.92 Å². The van der Waals surface area contributed by atoms with Crippen LogP contribution in [-0.4, -0.2) is 42.8 Å². The average molecular weight is 561 g/mol. The van der Waals surface area contributed by atoms with E-state index in [2.05, 4.69) is 14.8 Å². The van der Waals surface area contributed by atoms with Gasteiger partial charge in [-0.2, -0.15) is 13.2 Å². The number of hydrogen-bond donors (Lipinski definition) is 2. The van der Waals surface area contributed by atoms with Crippen molar-refractivity contribution >= 4 is 0 Å². The van der Waals surface area contributed by atoms with Crippen LogP contribution < -0.4 is 14.8 Å². The maximum atomic E-state index is 12.9. The summed E-state index contributed by atoms with van der Waals surface area (Å²) in [6.45, 7) is -0.848. The highest BCUT2D eigenvalue weighted by Gasteiger charge is 2.40. The van der Waals surface area contributed by atoms with Crippen LogP contribution >= 0.6 is 0 Å². The smallest absolute Gasteiger partial charge is 0.457 e. The van der Waals surface area contributed by atoms with Crippen LogP contribution in [0.3, 0.4) is 0 Å². The number of rotatable bonds is 9. The van der Waals surface area contributed by atoms with E-state index in [9.17, 15) is 44.6 Å². The van der Waals surface area contributed by atoms with Gasteiger partial charge in [0, 0.05) is 12.6 Å². The Hall–Kier alpha value is -2.71. The van der Waals surface area contributed by atoms with E-state index in [-0.39, 0.29) is 43.1 Å². The fourth-order valence-corrected chi connectivity index (χ4v) is 4.26. The lowest BCUT2D eigenvalue weighted by atomic mass is 9.80. The lowest BCUT2D eigenvalue weighted by Crippen LogP contribution is -2.42. The molecule has 2 aromatic carbocycles. The van der Waals surface area contributed by atoms with Crippen LogP contribution in [0.15, 0.2) is 48.5 Å². The summed E-state index contributed by atoms with van der Waals surface area (Å²) < 4.78 is 127. The van der Waals surface area contributed by atoms with Crippen LogP contribution in [0.5, 0.6) is 17.2 Å². The molecule has 0 aromatic heterocycles. The second-order valence-electron chi connectivity index (χ2n) is 8.74. The van der Waals surface area contributed by atoms with Crippen molar-refractivity contribution in [2.75, 3.05) is 6.54 Å². The van der Waals surface area contributed by atoms with Crippen LogP contribution in [0.25, 0.3) is 0 Å². The highest BCUT2D eigenvalue weighted by molar-refractivity contribution is 5.37. The number of alkyl halides is 9. The van der Waals surface area contributed by atoms with E-state index in [1.165, 1.54) is 24.3 Å². The Kier molecular flexibility index (Phi) is 9.42. The number of aliphatic hydroxyl groups excluding tert-OH is 1. The fraction of sp³-hybridized carbons (Fsp3) is 0.500. The van der Waals surface area contributed by atoms with Gasteiger partial charge in [0.2, 0.25) is 0 Å². The van der Waals surface area contributed by atoms with E-state index in [1.54, 1.807) is 12.1 Å². The molecule has 1 saturated carbocycles. The van der Waals surface area contributed by atoms with Crippen LogP contribution in [0.2, 0.25) is 0 Å². The van der Waals surface area contributed by atoms with E-state index in [0.29, 0.717) is 5.56 Å². The zero-order valence-electron chi connectivity index (χ0n) is 19.5. The third kappa shape index (κ3) is 9.55. The molecule has 0 amide bonds. The minimum atomic E-state index is -4.87. The molecule has 2 unspecified atom stereocenters. The van der Waals surface area contributed by atoms with Gasteiger partial charge in [-0.05, 0) is 73.6 Å². The summed E-state index contributed by atoms with van der Waals surface area (Å²) in [5.74, 6) is -0.475. The maximum absolute atomic E-state index is 12.9. The summed E-state index contributed by atoms with van der Waals surface area (Å²) in [7, 11) is 0. The van der Waals surface area contributed by atoms with Crippen molar-refractivity contribution in [2.45, 2.75) is 62.8 Å². The topological polar surface area (TPSA) is 60.0 Å². The van der Waals surface area contributed by atoms with Crippen LogP contribution in [-0.2, 0) is 4.74 Å². The second kappa shape index (κ2) is 12.0. The molecule has 14 heteroatoms. The third-order valence-electron chi connectivity index (χ3n) is 5.91. The molecule has 3 rings (SSSR count). The second-order valence-corrected chi connectivity index (χ2v) is 8.74. The van der Waals surface area contributed by atoms with Crippen molar-refractivity contribution in [1.29, 1.82) is 0 Å². The minimum Gasteiger partial charge on any atom is -0.457 e. The molecule has 0 spiro atoms. The van der Waals surface area contributed by atoms with Crippen molar-refractivity contribution in [1.82, 2.24) is 5.32 Å². The lowest BCUT2D eigenvalue weighted by molar-refractivity contribution is -0.345. The van der Waals surface area contributed by atoms with E-state index in [1.807, 2.05) is 0 Å². The SMILES string of the molecule is OC(CNC(c1cccc(Oc2ccc(OC(F)(F)F)cc2)c1)C1CCC(OC(F)(F)F)CC1)C(F)(F)F. The van der Waals surface area contributed by atoms with Gasteiger partial charge in [0.1, 0.15) is 17.2 Å². The molecule has 38 heavy (non-hydrogen) atoms. The Balaban J connectivity index is 1.75. The van der Waals surface area contributed by atoms with Crippen molar-refractivity contribution < 1.29 is 58.8 Å². The first-order valence-electron chi connectivity index (χ1n) is 11.5. The summed E-state index contributed by atoms with van der Waals surface area (Å²) in [5, 5.41) is 12.1. The molecular formula is C24H24F9NO4. The van der Waals surface area contributed by atoms with Gasteiger partial charge in [-0.1, -0.05) is 12.1 Å². The van der Waals surface area contributed by atoms with E-state index in [0.717, 1.165) is 12.1 Å². The molecule has 0 aliphatic heterocycles. The molecule has 1 fully saturated rings. The van der Waals surface area contributed by atoms with E-state index >= 15 is 0 Å². The molecule has 1 aliphatic carbocycles. The first-order chi connectivity index (χ1) is 17.6. The summed E-state index contributed by atoms with van der Waals surface area (Å²) in [5.41, 5.74) is 0.453. The molecule has 5 nitrogen and oxygen atoms in total. The number of hydrogen-bond acceptors (Lipinski definition) is 5.